The number of carbonyl (C=O) groups excluding carboxylic acids is 1. The summed E-state index contributed by atoms with van der Waals surface area (Å²) in [5, 5.41) is 2.79. The van der Waals surface area contributed by atoms with Crippen LogP contribution in [0.5, 0.6) is 0 Å². The molecule has 4 nitrogen and oxygen atoms in total. The van der Waals surface area contributed by atoms with Gasteiger partial charge in [-0.25, -0.2) is 4.39 Å². The van der Waals surface area contributed by atoms with E-state index in [0.717, 1.165) is 12.1 Å². The minimum Gasteiger partial charge on any atom is -0.369 e. The lowest BCUT2D eigenvalue weighted by Gasteiger charge is -2.42. The Morgan fingerprint density at radius 3 is 2.35 bits per heavy atom. The van der Waals surface area contributed by atoms with Gasteiger partial charge in [0.2, 0.25) is 5.91 Å². The number of carbonyl (C=O) groups is 1. The number of likely N-dealkylation sites (N-methyl/N-ethyl adjacent to an activating group) is 1. The maximum absolute atomic E-state index is 14.1. The van der Waals surface area contributed by atoms with Crippen molar-refractivity contribution in [2.45, 2.75) is 24.6 Å². The van der Waals surface area contributed by atoms with Crippen LogP contribution in [0, 0.1) is 5.82 Å². The van der Waals surface area contributed by atoms with E-state index < -0.39 is 23.1 Å². The first-order valence-electron chi connectivity index (χ1n) is 7.35. The van der Waals surface area contributed by atoms with Gasteiger partial charge >= 0.3 is 6.18 Å². The van der Waals surface area contributed by atoms with E-state index in [4.69, 9.17) is 0 Å². The molecule has 0 aliphatic carbocycles. The standard InChI is InChI=1S/C15H17F4N3O/c1-21-9-20-13(23)14(21)4-6-22(7-5-14)12-3-2-10(8-11(12)16)15(17,18)19/h2-3,8H,4-7,9H2,1H3,(H,20,23). The zero-order valence-electron chi connectivity index (χ0n) is 12.6. The van der Waals surface area contributed by atoms with E-state index in [-0.39, 0.29) is 11.6 Å². The second-order valence-electron chi connectivity index (χ2n) is 6.04. The molecule has 1 N–H and O–H groups in total. The smallest absolute Gasteiger partial charge is 0.369 e. The number of nitrogens with zero attached hydrogens (tertiary/aromatic N) is 2. The highest BCUT2D eigenvalue weighted by molar-refractivity contribution is 5.88. The number of benzene rings is 1. The van der Waals surface area contributed by atoms with Crippen molar-refractivity contribution in [3.63, 3.8) is 0 Å². The van der Waals surface area contributed by atoms with Crippen LogP contribution in [0.15, 0.2) is 18.2 Å². The lowest BCUT2D eigenvalue weighted by Crippen LogP contribution is -2.55. The Bertz CT molecular complexity index is 624. The molecule has 126 valence electrons. The molecule has 2 fully saturated rings. The molecule has 23 heavy (non-hydrogen) atoms. The molecule has 3 rings (SSSR count). The summed E-state index contributed by atoms with van der Waals surface area (Å²) in [7, 11) is 1.85. The molecule has 0 aromatic heterocycles. The first kappa shape index (κ1) is 16.0. The lowest BCUT2D eigenvalue weighted by atomic mass is 9.86. The Balaban J connectivity index is 1.77. The van der Waals surface area contributed by atoms with Crippen LogP contribution in [0.2, 0.25) is 0 Å². The first-order valence-corrected chi connectivity index (χ1v) is 7.35. The van der Waals surface area contributed by atoms with Gasteiger partial charge in [0, 0.05) is 13.1 Å². The minimum atomic E-state index is -4.56. The predicted molar refractivity (Wildman–Crippen MR) is 76.4 cm³/mol. The van der Waals surface area contributed by atoms with Gasteiger partial charge in [-0.1, -0.05) is 0 Å². The van der Waals surface area contributed by atoms with Crippen molar-refractivity contribution in [3.8, 4) is 0 Å². The van der Waals surface area contributed by atoms with E-state index in [1.165, 1.54) is 0 Å². The summed E-state index contributed by atoms with van der Waals surface area (Å²) >= 11 is 0. The molecular formula is C15H17F4N3O. The maximum Gasteiger partial charge on any atom is 0.416 e. The minimum absolute atomic E-state index is 0.0347. The quantitative estimate of drug-likeness (QED) is 0.802. The molecule has 2 saturated heterocycles. The van der Waals surface area contributed by atoms with E-state index in [9.17, 15) is 22.4 Å². The van der Waals surface area contributed by atoms with Gasteiger partial charge in [0.1, 0.15) is 11.4 Å². The second kappa shape index (κ2) is 5.36. The number of amides is 1. The average Bonchev–Trinajstić information content (AvgIpc) is 2.76. The summed E-state index contributed by atoms with van der Waals surface area (Å²) in [5.74, 6) is -0.924. The topological polar surface area (TPSA) is 35.6 Å². The van der Waals surface area contributed by atoms with Crippen molar-refractivity contribution in [3.05, 3.63) is 29.6 Å². The zero-order valence-corrected chi connectivity index (χ0v) is 12.6. The van der Waals surface area contributed by atoms with E-state index in [1.807, 2.05) is 11.9 Å². The first-order chi connectivity index (χ1) is 10.7. The van der Waals surface area contributed by atoms with Gasteiger partial charge in [-0.3, -0.25) is 9.69 Å². The number of rotatable bonds is 1. The third-order valence-corrected chi connectivity index (χ3v) is 4.84. The average molecular weight is 331 g/mol. The molecule has 0 atom stereocenters. The number of hydrogen-bond acceptors (Lipinski definition) is 3. The number of hydrogen-bond donors (Lipinski definition) is 1. The Kier molecular flexibility index (Phi) is 3.74. The monoisotopic (exact) mass is 331 g/mol. The highest BCUT2D eigenvalue weighted by atomic mass is 19.4. The molecular weight excluding hydrogens is 314 g/mol. The second-order valence-corrected chi connectivity index (χ2v) is 6.04. The maximum atomic E-state index is 14.1. The molecule has 0 radical (unpaired) electrons. The fraction of sp³-hybridized carbons (Fsp3) is 0.533. The lowest BCUT2D eigenvalue weighted by molar-refractivity contribution is -0.137. The van der Waals surface area contributed by atoms with E-state index in [2.05, 4.69) is 5.32 Å². The van der Waals surface area contributed by atoms with Crippen molar-refractivity contribution < 1.29 is 22.4 Å². The van der Waals surface area contributed by atoms with Crippen LogP contribution in [0.25, 0.3) is 0 Å². The van der Waals surface area contributed by atoms with E-state index in [1.54, 1.807) is 4.90 Å². The Labute approximate surface area is 131 Å². The van der Waals surface area contributed by atoms with Crippen molar-refractivity contribution in [2.75, 3.05) is 31.7 Å². The highest BCUT2D eigenvalue weighted by Gasteiger charge is 2.48. The van der Waals surface area contributed by atoms with Crippen LogP contribution in [-0.2, 0) is 11.0 Å². The molecule has 0 saturated carbocycles. The molecule has 1 aromatic carbocycles. The van der Waals surface area contributed by atoms with Crippen LogP contribution in [0.3, 0.4) is 0 Å². The van der Waals surface area contributed by atoms with Gasteiger partial charge in [-0.2, -0.15) is 13.2 Å². The van der Waals surface area contributed by atoms with E-state index in [0.29, 0.717) is 38.7 Å². The number of halogens is 4. The largest absolute Gasteiger partial charge is 0.416 e. The molecule has 2 aliphatic heterocycles. The number of alkyl halides is 3. The third-order valence-electron chi connectivity index (χ3n) is 4.84. The van der Waals surface area contributed by atoms with Gasteiger partial charge in [-0.15, -0.1) is 0 Å². The van der Waals surface area contributed by atoms with Gasteiger partial charge in [0.25, 0.3) is 0 Å². The fourth-order valence-electron chi connectivity index (χ4n) is 3.35. The summed E-state index contributed by atoms with van der Waals surface area (Å²) in [6.07, 6.45) is -3.54. The van der Waals surface area contributed by atoms with Crippen LogP contribution in [0.1, 0.15) is 18.4 Å². The summed E-state index contributed by atoms with van der Waals surface area (Å²) in [6, 6.07) is 2.57. The molecule has 1 spiro atoms. The van der Waals surface area contributed by atoms with Gasteiger partial charge in [-0.05, 0) is 38.1 Å². The summed E-state index contributed by atoms with van der Waals surface area (Å²) in [5.41, 5.74) is -1.44. The Hall–Kier alpha value is -1.83. The van der Waals surface area contributed by atoms with Crippen LogP contribution in [0.4, 0.5) is 23.2 Å². The normalized spacial score (nSPS) is 21.8. The number of piperidine rings is 1. The van der Waals surface area contributed by atoms with Crippen LogP contribution < -0.4 is 10.2 Å². The van der Waals surface area contributed by atoms with E-state index >= 15 is 0 Å². The SMILES string of the molecule is CN1CNC(=O)C12CCN(c1ccc(C(F)(F)F)cc1F)CC2. The van der Waals surface area contributed by atoms with Crippen molar-refractivity contribution in [2.24, 2.45) is 0 Å². The fourth-order valence-corrected chi connectivity index (χ4v) is 3.35. The predicted octanol–water partition coefficient (Wildman–Crippen LogP) is 2.20. The van der Waals surface area contributed by atoms with Crippen molar-refractivity contribution in [1.82, 2.24) is 10.2 Å². The molecule has 2 aliphatic rings. The molecule has 0 unspecified atom stereocenters. The third kappa shape index (κ3) is 2.65. The van der Waals surface area contributed by atoms with Gasteiger partial charge < -0.3 is 10.2 Å². The molecule has 2 heterocycles. The Morgan fingerprint density at radius 1 is 1.22 bits per heavy atom. The summed E-state index contributed by atoms with van der Waals surface area (Å²) < 4.78 is 51.8. The van der Waals surface area contributed by atoms with Gasteiger partial charge in [0.05, 0.1) is 17.9 Å². The van der Waals surface area contributed by atoms with Crippen LogP contribution >= 0.6 is 0 Å². The molecule has 1 amide bonds. The molecule has 8 heteroatoms. The van der Waals surface area contributed by atoms with Crippen molar-refractivity contribution >= 4 is 11.6 Å². The zero-order chi connectivity index (χ0) is 16.8. The highest BCUT2D eigenvalue weighted by Crippen LogP contribution is 2.36. The Morgan fingerprint density at radius 2 is 1.87 bits per heavy atom. The van der Waals surface area contributed by atoms with Crippen molar-refractivity contribution in [1.29, 1.82) is 0 Å². The summed E-state index contributed by atoms with van der Waals surface area (Å²) in [6.45, 7) is 1.31. The molecule has 0 bridgehead atoms. The summed E-state index contributed by atoms with van der Waals surface area (Å²) in [4.78, 5) is 15.7. The van der Waals surface area contributed by atoms with Crippen LogP contribution in [-0.4, -0.2) is 43.2 Å². The molecule has 1 aromatic rings. The number of nitrogens with one attached hydrogen (secondary N) is 1. The van der Waals surface area contributed by atoms with Gasteiger partial charge in [0.15, 0.2) is 0 Å². The number of anilines is 1.